The molecule has 0 aromatic rings. The third-order valence-corrected chi connectivity index (χ3v) is 13.2. The monoisotopic (exact) mass is 1030 g/mol. The van der Waals surface area contributed by atoms with Crippen LogP contribution in [0.15, 0.2) is 85.1 Å². The number of aliphatic hydroxyl groups excluding tert-OH is 5. The molecule has 6 N–H and O–H groups in total. The minimum absolute atomic E-state index is 0.0453. The van der Waals surface area contributed by atoms with E-state index in [0.717, 1.165) is 109 Å². The summed E-state index contributed by atoms with van der Waals surface area (Å²) in [6.45, 7) is 4.16. The van der Waals surface area contributed by atoms with E-state index in [2.05, 4.69) is 92.1 Å². The summed E-state index contributed by atoms with van der Waals surface area (Å²) in [5.74, 6) is -0.255. The Hall–Kier alpha value is -3.16. The van der Waals surface area contributed by atoms with Crippen molar-refractivity contribution in [2.24, 2.45) is 0 Å². The molecule has 1 aliphatic heterocycles. The normalized spacial score (nSPS) is 19.6. The smallest absolute Gasteiger partial charge is 0.305 e. The first-order valence-corrected chi connectivity index (χ1v) is 29.4. The fourth-order valence-corrected chi connectivity index (χ4v) is 8.46. The molecule has 0 radical (unpaired) electrons. The van der Waals surface area contributed by atoms with Crippen molar-refractivity contribution < 1.29 is 49.3 Å². The highest BCUT2D eigenvalue weighted by Gasteiger charge is 2.44. The fraction of sp³-hybridized carbons (Fsp3) is 0.742. The Bertz CT molecular complexity index is 1490. The molecule has 0 spiro atoms. The summed E-state index contributed by atoms with van der Waals surface area (Å²) in [6, 6.07) is -0.844. The second-order valence-corrected chi connectivity index (χ2v) is 20.0. The second kappa shape index (κ2) is 51.0. The summed E-state index contributed by atoms with van der Waals surface area (Å²) >= 11 is 0. The van der Waals surface area contributed by atoms with E-state index in [1.54, 1.807) is 6.08 Å². The number of allylic oxidation sites excluding steroid dienone is 13. The third-order valence-electron chi connectivity index (χ3n) is 13.2. The molecule has 11 heteroatoms. The number of ether oxygens (including phenoxy) is 3. The summed E-state index contributed by atoms with van der Waals surface area (Å²) in [7, 11) is 0. The van der Waals surface area contributed by atoms with Gasteiger partial charge in [-0.25, -0.2) is 0 Å². The van der Waals surface area contributed by atoms with E-state index >= 15 is 0 Å². The predicted octanol–water partition coefficient (Wildman–Crippen LogP) is 13.4. The van der Waals surface area contributed by atoms with Crippen LogP contribution < -0.4 is 5.32 Å². The van der Waals surface area contributed by atoms with E-state index in [1.807, 2.05) is 6.08 Å². The van der Waals surface area contributed by atoms with Gasteiger partial charge in [0.15, 0.2) is 6.29 Å². The first-order valence-electron chi connectivity index (χ1n) is 29.4. The molecule has 7 unspecified atom stereocenters. The number of nitrogens with one attached hydrogen (secondary N) is 1. The molecule has 0 bridgehead atoms. The Balaban J connectivity index is 2.12. The quantitative estimate of drug-likeness (QED) is 0.0149. The minimum atomic E-state index is -1.59. The van der Waals surface area contributed by atoms with E-state index in [0.29, 0.717) is 25.9 Å². The minimum Gasteiger partial charge on any atom is -0.466 e. The zero-order valence-electron chi connectivity index (χ0n) is 46.1. The SMILES string of the molecule is CCCC/C=C\C/C=C\CCCCCCCC(=O)OCCCCC/C=C\C=C/CCCCCCCCCCCCC(=O)NC(COC1OC(CO)C(O)C(O)C1O)C(O)/C=C/CC/C=C/CC/C=C/CCCC. The lowest BCUT2D eigenvalue weighted by Crippen LogP contribution is -2.60. The van der Waals surface area contributed by atoms with Gasteiger partial charge < -0.3 is 45.1 Å². The molecule has 1 amide bonds. The molecule has 11 nitrogen and oxygen atoms in total. The van der Waals surface area contributed by atoms with Crippen molar-refractivity contribution in [2.45, 2.75) is 275 Å². The standard InChI is InChI=1S/C62H107NO10/c1-3-5-7-9-11-13-15-17-26-30-34-38-42-46-50-58(67)71-51-47-43-39-35-31-27-24-22-20-18-19-21-23-25-29-33-37-41-45-49-57(66)63-54(53-72-62-61(70)60(69)59(68)56(52-64)73-62)55(65)48-44-40-36-32-28-16-14-12-10-8-6-4-2/h9-12,15,17,22,24,27-28,31-32,44,48,54-56,59-62,64-65,68-70H,3-8,13-14,16,18-21,23,25-26,29-30,33-43,45-47,49-53H2,1-2H3,(H,63,66)/b11-9-,12-10+,17-15-,24-22-,31-27-,32-28+,48-44+. The van der Waals surface area contributed by atoms with Crippen LogP contribution in [-0.4, -0.2) is 100 Å². The van der Waals surface area contributed by atoms with Crippen molar-refractivity contribution in [2.75, 3.05) is 19.8 Å². The Kier molecular flexibility index (Phi) is 47.4. The zero-order valence-corrected chi connectivity index (χ0v) is 46.1. The summed E-state index contributed by atoms with van der Waals surface area (Å²) in [5.41, 5.74) is 0. The fourth-order valence-electron chi connectivity index (χ4n) is 8.46. The molecule has 1 saturated heterocycles. The number of aliphatic hydroxyl groups is 5. The van der Waals surface area contributed by atoms with Crippen molar-refractivity contribution in [3.05, 3.63) is 85.1 Å². The molecule has 1 aliphatic rings. The Labute approximate surface area is 444 Å². The maximum atomic E-state index is 13.0. The average molecular weight is 1030 g/mol. The highest BCUT2D eigenvalue weighted by molar-refractivity contribution is 5.76. The third kappa shape index (κ3) is 40.8. The molecule has 1 rings (SSSR count). The number of unbranched alkanes of at least 4 members (excludes halogenated alkanes) is 24. The maximum Gasteiger partial charge on any atom is 0.305 e. The summed E-state index contributed by atoms with van der Waals surface area (Å²) in [6.07, 6.45) is 58.1. The van der Waals surface area contributed by atoms with E-state index in [1.165, 1.54) is 89.9 Å². The summed E-state index contributed by atoms with van der Waals surface area (Å²) in [5, 5.41) is 54.3. The first-order chi connectivity index (χ1) is 35.7. The van der Waals surface area contributed by atoms with Crippen LogP contribution in [0.25, 0.3) is 0 Å². The van der Waals surface area contributed by atoms with E-state index in [9.17, 15) is 35.1 Å². The second-order valence-electron chi connectivity index (χ2n) is 20.0. The highest BCUT2D eigenvalue weighted by atomic mass is 16.7. The first kappa shape index (κ1) is 67.9. The van der Waals surface area contributed by atoms with E-state index in [4.69, 9.17) is 14.2 Å². The lowest BCUT2D eigenvalue weighted by atomic mass is 9.99. The van der Waals surface area contributed by atoms with Gasteiger partial charge in [0.05, 0.1) is 32.0 Å². The molecule has 1 heterocycles. The van der Waals surface area contributed by atoms with Gasteiger partial charge >= 0.3 is 5.97 Å². The molecule has 0 aromatic heterocycles. The largest absolute Gasteiger partial charge is 0.466 e. The van der Waals surface area contributed by atoms with Crippen molar-refractivity contribution in [3.8, 4) is 0 Å². The zero-order chi connectivity index (χ0) is 53.1. The van der Waals surface area contributed by atoms with Crippen LogP contribution in [0.3, 0.4) is 0 Å². The van der Waals surface area contributed by atoms with Crippen LogP contribution in [0.1, 0.15) is 232 Å². The van der Waals surface area contributed by atoms with Gasteiger partial charge in [-0.05, 0) is 109 Å². The van der Waals surface area contributed by atoms with Crippen LogP contribution >= 0.6 is 0 Å². The van der Waals surface area contributed by atoms with Crippen molar-refractivity contribution >= 4 is 11.9 Å². The van der Waals surface area contributed by atoms with Crippen LogP contribution in [0.5, 0.6) is 0 Å². The van der Waals surface area contributed by atoms with Gasteiger partial charge in [-0.3, -0.25) is 9.59 Å². The van der Waals surface area contributed by atoms with Crippen molar-refractivity contribution in [1.29, 1.82) is 0 Å². The molecule has 7 atom stereocenters. The van der Waals surface area contributed by atoms with E-state index < -0.39 is 49.5 Å². The van der Waals surface area contributed by atoms with Gasteiger partial charge in [-0.2, -0.15) is 0 Å². The highest BCUT2D eigenvalue weighted by Crippen LogP contribution is 2.23. The number of rotatable bonds is 49. The molecule has 1 fully saturated rings. The molecule has 0 saturated carbocycles. The van der Waals surface area contributed by atoms with Gasteiger partial charge in [0.25, 0.3) is 0 Å². The summed E-state index contributed by atoms with van der Waals surface area (Å²) < 4.78 is 16.6. The van der Waals surface area contributed by atoms with Gasteiger partial charge in [0.2, 0.25) is 5.91 Å². The number of amides is 1. The molecule has 73 heavy (non-hydrogen) atoms. The molecule has 0 aliphatic carbocycles. The van der Waals surface area contributed by atoms with Crippen molar-refractivity contribution in [1.82, 2.24) is 5.32 Å². The number of esters is 1. The Morgan fingerprint density at radius 3 is 1.52 bits per heavy atom. The van der Waals surface area contributed by atoms with Crippen LogP contribution in [0.2, 0.25) is 0 Å². The van der Waals surface area contributed by atoms with Crippen LogP contribution in [0.4, 0.5) is 0 Å². The van der Waals surface area contributed by atoms with Gasteiger partial charge in [-0.15, -0.1) is 0 Å². The maximum absolute atomic E-state index is 13.0. The molecular formula is C62H107NO10. The van der Waals surface area contributed by atoms with Gasteiger partial charge in [0, 0.05) is 12.8 Å². The summed E-state index contributed by atoms with van der Waals surface area (Å²) in [4.78, 5) is 25.1. The number of hydrogen-bond donors (Lipinski definition) is 6. The predicted molar refractivity (Wildman–Crippen MR) is 301 cm³/mol. The lowest BCUT2D eigenvalue weighted by molar-refractivity contribution is -0.302. The topological polar surface area (TPSA) is 175 Å². The lowest BCUT2D eigenvalue weighted by Gasteiger charge is -2.40. The molecule has 0 aromatic carbocycles. The van der Waals surface area contributed by atoms with E-state index in [-0.39, 0.29) is 18.5 Å². The Morgan fingerprint density at radius 2 is 0.973 bits per heavy atom. The average Bonchev–Trinajstić information content (AvgIpc) is 3.39. The van der Waals surface area contributed by atoms with Gasteiger partial charge in [-0.1, -0.05) is 195 Å². The van der Waals surface area contributed by atoms with Gasteiger partial charge in [0.1, 0.15) is 24.4 Å². The molecule has 420 valence electrons. The number of carbonyl (C=O) groups is 2. The molecular weight excluding hydrogens is 919 g/mol. The Morgan fingerprint density at radius 1 is 0.521 bits per heavy atom. The van der Waals surface area contributed by atoms with Crippen molar-refractivity contribution in [3.63, 3.8) is 0 Å². The number of carbonyl (C=O) groups excluding carboxylic acids is 2. The number of hydrogen-bond acceptors (Lipinski definition) is 10. The van der Waals surface area contributed by atoms with Crippen LogP contribution in [0, 0.1) is 0 Å². The van der Waals surface area contributed by atoms with Crippen LogP contribution in [-0.2, 0) is 23.8 Å².